The van der Waals surface area contributed by atoms with Gasteiger partial charge in [-0.3, -0.25) is 0 Å². The molecule has 2 N–H and O–H groups in total. The average Bonchev–Trinajstić information content (AvgIpc) is 2.46. The maximum atomic E-state index is 11.4. The molecule has 0 aliphatic heterocycles. The maximum Gasteiger partial charge on any atom is 0.337 e. The summed E-state index contributed by atoms with van der Waals surface area (Å²) in [7, 11) is 1.32. The van der Waals surface area contributed by atoms with Gasteiger partial charge in [-0.1, -0.05) is 23.7 Å². The molecule has 2 aromatic rings. The number of benzene rings is 2. The molecule has 0 atom stereocenters. The number of hydrogen-bond acceptors (Lipinski definition) is 4. The SMILES string of the molecule is COC(=O)c1ccc(OCc2ccc(Cl)cc2)c(N)c1. The van der Waals surface area contributed by atoms with Gasteiger partial charge in [-0.2, -0.15) is 0 Å². The molecule has 0 spiro atoms. The number of anilines is 1. The van der Waals surface area contributed by atoms with Gasteiger partial charge in [-0.25, -0.2) is 4.79 Å². The molecule has 4 nitrogen and oxygen atoms in total. The van der Waals surface area contributed by atoms with E-state index in [4.69, 9.17) is 22.1 Å². The number of esters is 1. The van der Waals surface area contributed by atoms with Gasteiger partial charge in [-0.15, -0.1) is 0 Å². The lowest BCUT2D eigenvalue weighted by Gasteiger charge is -2.10. The molecule has 0 bridgehead atoms. The largest absolute Gasteiger partial charge is 0.487 e. The fourth-order valence-electron chi connectivity index (χ4n) is 1.67. The van der Waals surface area contributed by atoms with Crippen LogP contribution in [0.25, 0.3) is 0 Å². The Morgan fingerprint density at radius 1 is 1.20 bits per heavy atom. The number of nitrogens with two attached hydrogens (primary N) is 1. The highest BCUT2D eigenvalue weighted by Gasteiger charge is 2.08. The van der Waals surface area contributed by atoms with Crippen molar-refractivity contribution in [3.8, 4) is 5.75 Å². The van der Waals surface area contributed by atoms with E-state index in [1.807, 2.05) is 12.1 Å². The molecule has 0 unspecified atom stereocenters. The predicted octanol–water partition coefficient (Wildman–Crippen LogP) is 3.29. The van der Waals surface area contributed by atoms with Gasteiger partial charge in [0.25, 0.3) is 0 Å². The summed E-state index contributed by atoms with van der Waals surface area (Å²) < 4.78 is 10.2. The third-order valence-electron chi connectivity index (χ3n) is 2.74. The van der Waals surface area contributed by atoms with Crippen molar-refractivity contribution in [3.05, 3.63) is 58.6 Å². The fourth-order valence-corrected chi connectivity index (χ4v) is 1.79. The normalized spacial score (nSPS) is 10.1. The Hall–Kier alpha value is -2.20. The van der Waals surface area contributed by atoms with Crippen molar-refractivity contribution < 1.29 is 14.3 Å². The van der Waals surface area contributed by atoms with Gasteiger partial charge in [0.2, 0.25) is 0 Å². The first-order valence-corrected chi connectivity index (χ1v) is 6.33. The second-order valence-corrected chi connectivity index (χ2v) is 4.60. The van der Waals surface area contributed by atoms with Gasteiger partial charge in [-0.05, 0) is 35.9 Å². The van der Waals surface area contributed by atoms with Crippen molar-refractivity contribution >= 4 is 23.3 Å². The lowest BCUT2D eigenvalue weighted by Crippen LogP contribution is -2.04. The zero-order chi connectivity index (χ0) is 14.5. The van der Waals surface area contributed by atoms with Crippen LogP contribution in [0, 0.1) is 0 Å². The highest BCUT2D eigenvalue weighted by molar-refractivity contribution is 6.30. The van der Waals surface area contributed by atoms with Crippen LogP contribution in [0.1, 0.15) is 15.9 Å². The Kier molecular flexibility index (Phi) is 4.48. The summed E-state index contributed by atoms with van der Waals surface area (Å²) in [6, 6.07) is 12.1. The second kappa shape index (κ2) is 6.30. The Morgan fingerprint density at radius 2 is 1.90 bits per heavy atom. The molecule has 0 heterocycles. The highest BCUT2D eigenvalue weighted by Crippen LogP contribution is 2.24. The van der Waals surface area contributed by atoms with Crippen LogP contribution in [-0.4, -0.2) is 13.1 Å². The Morgan fingerprint density at radius 3 is 2.50 bits per heavy atom. The molecule has 0 amide bonds. The van der Waals surface area contributed by atoms with Crippen LogP contribution >= 0.6 is 11.6 Å². The zero-order valence-corrected chi connectivity index (χ0v) is 11.7. The molecule has 5 heteroatoms. The van der Waals surface area contributed by atoms with Gasteiger partial charge in [0, 0.05) is 5.02 Å². The lowest BCUT2D eigenvalue weighted by molar-refractivity contribution is 0.0600. The van der Waals surface area contributed by atoms with Crippen molar-refractivity contribution in [2.75, 3.05) is 12.8 Å². The summed E-state index contributed by atoms with van der Waals surface area (Å²) >= 11 is 5.81. The zero-order valence-electron chi connectivity index (χ0n) is 10.9. The van der Waals surface area contributed by atoms with E-state index in [0.717, 1.165) is 5.56 Å². The highest BCUT2D eigenvalue weighted by atomic mass is 35.5. The fraction of sp³-hybridized carbons (Fsp3) is 0.133. The van der Waals surface area contributed by atoms with Crippen LogP contribution in [0.2, 0.25) is 5.02 Å². The minimum atomic E-state index is -0.430. The molecule has 104 valence electrons. The number of hydrogen-bond donors (Lipinski definition) is 1. The second-order valence-electron chi connectivity index (χ2n) is 4.16. The predicted molar refractivity (Wildman–Crippen MR) is 78.0 cm³/mol. The minimum absolute atomic E-state index is 0.374. The Labute approximate surface area is 122 Å². The number of rotatable bonds is 4. The van der Waals surface area contributed by atoms with E-state index in [9.17, 15) is 4.79 Å². The molecular weight excluding hydrogens is 278 g/mol. The first-order chi connectivity index (χ1) is 9.60. The first kappa shape index (κ1) is 14.2. The van der Waals surface area contributed by atoms with Gasteiger partial charge in [0.05, 0.1) is 18.4 Å². The number of ether oxygens (including phenoxy) is 2. The molecule has 0 saturated heterocycles. The summed E-state index contributed by atoms with van der Waals surface area (Å²) in [6.07, 6.45) is 0. The molecule has 2 rings (SSSR count). The molecular formula is C15H14ClNO3. The summed E-state index contributed by atoms with van der Waals surface area (Å²) in [6.45, 7) is 0.374. The minimum Gasteiger partial charge on any atom is -0.487 e. The Bertz CT molecular complexity index is 611. The van der Waals surface area contributed by atoms with E-state index >= 15 is 0 Å². The van der Waals surface area contributed by atoms with Crippen LogP contribution < -0.4 is 10.5 Å². The van der Waals surface area contributed by atoms with E-state index in [-0.39, 0.29) is 0 Å². The van der Waals surface area contributed by atoms with E-state index in [0.29, 0.717) is 28.6 Å². The molecule has 2 aromatic carbocycles. The van der Waals surface area contributed by atoms with Crippen LogP contribution in [0.3, 0.4) is 0 Å². The summed E-state index contributed by atoms with van der Waals surface area (Å²) in [5.74, 6) is 0.0913. The van der Waals surface area contributed by atoms with E-state index < -0.39 is 5.97 Å². The van der Waals surface area contributed by atoms with Gasteiger partial charge >= 0.3 is 5.97 Å². The quantitative estimate of drug-likeness (QED) is 0.693. The topological polar surface area (TPSA) is 61.5 Å². The van der Waals surface area contributed by atoms with Gasteiger partial charge in [0.15, 0.2) is 0 Å². The van der Waals surface area contributed by atoms with Crippen molar-refractivity contribution in [2.24, 2.45) is 0 Å². The molecule has 0 fully saturated rings. The first-order valence-electron chi connectivity index (χ1n) is 5.95. The summed E-state index contributed by atoms with van der Waals surface area (Å²) in [5.41, 5.74) is 7.61. The Balaban J connectivity index is 2.06. The molecule has 0 aliphatic rings. The van der Waals surface area contributed by atoms with E-state index in [2.05, 4.69) is 4.74 Å². The van der Waals surface area contributed by atoms with Crippen molar-refractivity contribution in [1.82, 2.24) is 0 Å². The summed E-state index contributed by atoms with van der Waals surface area (Å²) in [4.78, 5) is 11.4. The number of halogens is 1. The van der Waals surface area contributed by atoms with Crippen LogP contribution in [-0.2, 0) is 11.3 Å². The summed E-state index contributed by atoms with van der Waals surface area (Å²) in [5, 5.41) is 0.677. The van der Waals surface area contributed by atoms with Gasteiger partial charge < -0.3 is 15.2 Å². The van der Waals surface area contributed by atoms with Crippen LogP contribution in [0.4, 0.5) is 5.69 Å². The monoisotopic (exact) mass is 291 g/mol. The smallest absolute Gasteiger partial charge is 0.337 e. The number of carbonyl (C=O) groups excluding carboxylic acids is 1. The van der Waals surface area contributed by atoms with Crippen molar-refractivity contribution in [3.63, 3.8) is 0 Å². The average molecular weight is 292 g/mol. The number of carbonyl (C=O) groups is 1. The lowest BCUT2D eigenvalue weighted by atomic mass is 10.2. The number of nitrogen functional groups attached to an aromatic ring is 1. The maximum absolute atomic E-state index is 11.4. The van der Waals surface area contributed by atoms with E-state index in [1.54, 1.807) is 24.3 Å². The number of methoxy groups -OCH3 is 1. The molecule has 0 aliphatic carbocycles. The van der Waals surface area contributed by atoms with Crippen LogP contribution in [0.5, 0.6) is 5.75 Å². The standard InChI is InChI=1S/C15H14ClNO3/c1-19-15(18)11-4-7-14(13(17)8-11)20-9-10-2-5-12(16)6-3-10/h2-8H,9,17H2,1H3. The van der Waals surface area contributed by atoms with Crippen LogP contribution in [0.15, 0.2) is 42.5 Å². The third kappa shape index (κ3) is 3.42. The van der Waals surface area contributed by atoms with E-state index in [1.165, 1.54) is 13.2 Å². The third-order valence-corrected chi connectivity index (χ3v) is 2.99. The van der Waals surface area contributed by atoms with Crippen molar-refractivity contribution in [1.29, 1.82) is 0 Å². The molecule has 20 heavy (non-hydrogen) atoms. The van der Waals surface area contributed by atoms with Gasteiger partial charge in [0.1, 0.15) is 12.4 Å². The molecule has 0 radical (unpaired) electrons. The molecule has 0 aromatic heterocycles. The van der Waals surface area contributed by atoms with Crippen molar-refractivity contribution in [2.45, 2.75) is 6.61 Å². The molecule has 0 saturated carbocycles.